The zero-order chi connectivity index (χ0) is 19.2. The lowest BCUT2D eigenvalue weighted by atomic mass is 9.36. The van der Waals surface area contributed by atoms with Gasteiger partial charge in [0.25, 0.3) is 0 Å². The number of hydrogen-bond donors (Lipinski definition) is 0. The molecule has 0 aromatic heterocycles. The van der Waals surface area contributed by atoms with E-state index in [1.165, 1.54) is 24.0 Å². The zero-order valence-electron chi connectivity index (χ0n) is 17.1. The molecule has 1 aromatic carbocycles. The van der Waals surface area contributed by atoms with Crippen LogP contribution in [-0.2, 0) is 21.4 Å². The Morgan fingerprint density at radius 3 is 2.67 bits per heavy atom. The number of carbonyl (C=O) groups excluding carboxylic acids is 1. The number of aldehydes is 1. The fourth-order valence-corrected chi connectivity index (χ4v) is 7.54. The molecule has 2 fully saturated rings. The van der Waals surface area contributed by atoms with Crippen LogP contribution in [0, 0.1) is 16.7 Å². The summed E-state index contributed by atoms with van der Waals surface area (Å²) in [6, 6.07) is 4.28. The molecule has 0 N–H and O–H groups in total. The first kappa shape index (κ1) is 17.5. The summed E-state index contributed by atoms with van der Waals surface area (Å²) >= 11 is 0. The molecule has 1 aromatic rings. The average Bonchev–Trinajstić information content (AvgIpc) is 3.00. The number of benzene rings is 1. The van der Waals surface area contributed by atoms with E-state index in [9.17, 15) is 4.79 Å². The quantitative estimate of drug-likeness (QED) is 0.753. The summed E-state index contributed by atoms with van der Waals surface area (Å²) in [6.07, 6.45) is 6.37. The highest BCUT2D eigenvalue weighted by atomic mass is 16.6. The van der Waals surface area contributed by atoms with Crippen molar-refractivity contribution in [2.24, 2.45) is 16.7 Å². The van der Waals surface area contributed by atoms with Crippen LogP contribution in [-0.4, -0.2) is 32.2 Å². The second-order valence-corrected chi connectivity index (χ2v) is 9.83. The normalized spacial score (nSPS) is 46.4. The van der Waals surface area contributed by atoms with Gasteiger partial charge in [-0.3, -0.25) is 0 Å². The van der Waals surface area contributed by atoms with Gasteiger partial charge in [0.05, 0.1) is 12.5 Å². The lowest BCUT2D eigenvalue weighted by Crippen LogP contribution is -2.75. The maximum absolute atomic E-state index is 12.4. The Morgan fingerprint density at radius 2 is 2.00 bits per heavy atom. The van der Waals surface area contributed by atoms with Crippen molar-refractivity contribution in [1.29, 1.82) is 0 Å². The number of hydrogen-bond acceptors (Lipinski definition) is 4. The van der Waals surface area contributed by atoms with Gasteiger partial charge in [-0.25, -0.2) is 0 Å². The molecule has 3 aliphatic carbocycles. The Kier molecular flexibility index (Phi) is 3.30. The molecule has 4 aliphatic rings. The highest BCUT2D eigenvalue weighted by Gasteiger charge is 2.77. The molecule has 1 aliphatic heterocycles. The standard InChI is InChI=1S/C23H30O4/c1-20(13-24)12-21(2)15-7-6-10-23(21)17-14(11-15)8-9-16(25-4)18(17)27-19(23)22(20,3)26-5/h8-9,13,15,19H,6-7,10-12H2,1-5H3/t15-,19+,20-,21-,22+,23+/m1/s1. The molecule has 1 heterocycles. The van der Waals surface area contributed by atoms with Crippen LogP contribution >= 0.6 is 0 Å². The Balaban J connectivity index is 1.86. The van der Waals surface area contributed by atoms with Gasteiger partial charge in [-0.05, 0) is 62.5 Å². The van der Waals surface area contributed by atoms with E-state index in [1.54, 1.807) is 14.2 Å². The second-order valence-electron chi connectivity index (χ2n) is 9.83. The molecule has 5 rings (SSSR count). The van der Waals surface area contributed by atoms with Crippen LogP contribution in [0.2, 0.25) is 0 Å². The van der Waals surface area contributed by atoms with E-state index in [4.69, 9.17) is 14.2 Å². The maximum Gasteiger partial charge on any atom is 0.165 e. The molecule has 1 spiro atoms. The largest absolute Gasteiger partial charge is 0.493 e. The summed E-state index contributed by atoms with van der Waals surface area (Å²) in [7, 11) is 3.44. The molecule has 0 amide bonds. The number of methoxy groups -OCH3 is 2. The topological polar surface area (TPSA) is 44.8 Å². The molecule has 6 atom stereocenters. The fraction of sp³-hybridized carbons (Fsp3) is 0.696. The average molecular weight is 370 g/mol. The lowest BCUT2D eigenvalue weighted by molar-refractivity contribution is -0.240. The van der Waals surface area contributed by atoms with Gasteiger partial charge >= 0.3 is 0 Å². The molecule has 2 bridgehead atoms. The van der Waals surface area contributed by atoms with Crippen molar-refractivity contribution >= 4 is 6.29 Å². The number of rotatable bonds is 3. The molecular weight excluding hydrogens is 340 g/mol. The minimum Gasteiger partial charge on any atom is -0.493 e. The van der Waals surface area contributed by atoms with Gasteiger partial charge in [0.1, 0.15) is 18.0 Å². The summed E-state index contributed by atoms with van der Waals surface area (Å²) in [6.45, 7) is 6.56. The first-order valence-electron chi connectivity index (χ1n) is 10.2. The molecule has 0 unspecified atom stereocenters. The first-order valence-corrected chi connectivity index (χ1v) is 10.2. The van der Waals surface area contributed by atoms with Gasteiger partial charge in [0, 0.05) is 18.1 Å². The SMILES string of the molecule is COc1ccc2c3c1O[C@H]1[C@](C)(OC)[C@@](C)(C=O)C[C@]4(C)[C@H](CCC[C@]314)C2. The third-order valence-electron chi connectivity index (χ3n) is 9.12. The van der Waals surface area contributed by atoms with Crippen molar-refractivity contribution in [1.82, 2.24) is 0 Å². The van der Waals surface area contributed by atoms with E-state index >= 15 is 0 Å². The third-order valence-corrected chi connectivity index (χ3v) is 9.12. The van der Waals surface area contributed by atoms with Gasteiger partial charge in [0.2, 0.25) is 0 Å². The van der Waals surface area contributed by atoms with Gasteiger partial charge in [-0.2, -0.15) is 0 Å². The monoisotopic (exact) mass is 370 g/mol. The Hall–Kier alpha value is -1.55. The first-order chi connectivity index (χ1) is 12.8. The third kappa shape index (κ3) is 1.65. The maximum atomic E-state index is 12.4. The Morgan fingerprint density at radius 1 is 1.22 bits per heavy atom. The minimum absolute atomic E-state index is 0.0221. The lowest BCUT2D eigenvalue weighted by Gasteiger charge is -2.68. The van der Waals surface area contributed by atoms with E-state index in [2.05, 4.69) is 26.8 Å². The van der Waals surface area contributed by atoms with Crippen LogP contribution in [0.15, 0.2) is 12.1 Å². The molecule has 0 radical (unpaired) electrons. The van der Waals surface area contributed by atoms with Crippen molar-refractivity contribution in [2.75, 3.05) is 14.2 Å². The molecule has 27 heavy (non-hydrogen) atoms. The van der Waals surface area contributed by atoms with Crippen molar-refractivity contribution in [3.8, 4) is 11.5 Å². The minimum atomic E-state index is -0.686. The predicted molar refractivity (Wildman–Crippen MR) is 102 cm³/mol. The molecule has 0 saturated heterocycles. The Labute approximate surface area is 161 Å². The summed E-state index contributed by atoms with van der Waals surface area (Å²) < 4.78 is 18.6. The van der Waals surface area contributed by atoms with E-state index in [1.807, 2.05) is 6.07 Å². The molecule has 2 saturated carbocycles. The number of carbonyl (C=O) groups is 1. The summed E-state index contributed by atoms with van der Waals surface area (Å²) in [5.41, 5.74) is 1.39. The van der Waals surface area contributed by atoms with Crippen LogP contribution < -0.4 is 9.47 Å². The van der Waals surface area contributed by atoms with Crippen molar-refractivity contribution in [3.63, 3.8) is 0 Å². The summed E-state index contributed by atoms with van der Waals surface area (Å²) in [5.74, 6) is 2.27. The molecule has 146 valence electrons. The fourth-order valence-electron chi connectivity index (χ4n) is 7.54. The van der Waals surface area contributed by atoms with Crippen LogP contribution in [0.5, 0.6) is 11.5 Å². The molecule has 4 nitrogen and oxygen atoms in total. The van der Waals surface area contributed by atoms with E-state index in [0.29, 0.717) is 5.92 Å². The van der Waals surface area contributed by atoms with E-state index in [0.717, 1.165) is 37.0 Å². The predicted octanol–water partition coefficient (Wildman–Crippen LogP) is 4.07. The zero-order valence-corrected chi connectivity index (χ0v) is 17.1. The van der Waals surface area contributed by atoms with E-state index in [-0.39, 0.29) is 16.9 Å². The van der Waals surface area contributed by atoms with Gasteiger partial charge in [0.15, 0.2) is 11.5 Å². The van der Waals surface area contributed by atoms with Crippen LogP contribution in [0.4, 0.5) is 0 Å². The molecule has 4 heteroatoms. The van der Waals surface area contributed by atoms with Crippen molar-refractivity contribution in [3.05, 3.63) is 23.3 Å². The van der Waals surface area contributed by atoms with Crippen molar-refractivity contribution in [2.45, 2.75) is 70.0 Å². The van der Waals surface area contributed by atoms with Gasteiger partial charge < -0.3 is 19.0 Å². The Bertz CT molecular complexity index is 834. The van der Waals surface area contributed by atoms with Gasteiger partial charge in [-0.15, -0.1) is 0 Å². The summed E-state index contributed by atoms with van der Waals surface area (Å²) in [4.78, 5) is 12.4. The highest BCUT2D eigenvalue weighted by Crippen LogP contribution is 2.75. The number of ether oxygens (including phenoxy) is 3. The van der Waals surface area contributed by atoms with E-state index < -0.39 is 11.0 Å². The van der Waals surface area contributed by atoms with Crippen LogP contribution in [0.3, 0.4) is 0 Å². The van der Waals surface area contributed by atoms with Crippen LogP contribution in [0.1, 0.15) is 57.6 Å². The van der Waals surface area contributed by atoms with Crippen molar-refractivity contribution < 1.29 is 19.0 Å². The van der Waals surface area contributed by atoms with Gasteiger partial charge in [-0.1, -0.05) is 19.4 Å². The highest BCUT2D eigenvalue weighted by molar-refractivity contribution is 5.68. The second kappa shape index (κ2) is 5.08. The van der Waals surface area contributed by atoms with Crippen LogP contribution in [0.25, 0.3) is 0 Å². The summed E-state index contributed by atoms with van der Waals surface area (Å²) in [5, 5.41) is 0. The smallest absolute Gasteiger partial charge is 0.165 e. The molecular formula is C23H30O4.